The maximum atomic E-state index is 12.4. The highest BCUT2D eigenvalue weighted by Gasteiger charge is 2.16. The topological polar surface area (TPSA) is 42.0 Å². The first kappa shape index (κ1) is 16.4. The highest BCUT2D eigenvalue weighted by Crippen LogP contribution is 2.23. The Kier molecular flexibility index (Phi) is 4.76. The molecule has 2 aromatic carbocycles. The van der Waals surface area contributed by atoms with Gasteiger partial charge in [0.25, 0.3) is 5.91 Å². The number of aromatic nitrogens is 1. The molecule has 24 heavy (non-hydrogen) atoms. The maximum Gasteiger partial charge on any atom is 0.263 e. The van der Waals surface area contributed by atoms with Crippen LogP contribution >= 0.6 is 11.3 Å². The Morgan fingerprint density at radius 1 is 1.00 bits per heavy atom. The second-order valence-electron chi connectivity index (χ2n) is 5.83. The Morgan fingerprint density at radius 2 is 1.62 bits per heavy atom. The summed E-state index contributed by atoms with van der Waals surface area (Å²) in [5.41, 5.74) is 4.24. The molecule has 0 aliphatic rings. The largest absolute Gasteiger partial charge is 0.345 e. The predicted octanol–water partition coefficient (Wildman–Crippen LogP) is 4.92. The van der Waals surface area contributed by atoms with Crippen molar-refractivity contribution in [3.05, 3.63) is 75.7 Å². The van der Waals surface area contributed by atoms with Gasteiger partial charge in [0, 0.05) is 0 Å². The average molecular weight is 336 g/mol. The van der Waals surface area contributed by atoms with Crippen LogP contribution in [-0.2, 0) is 0 Å². The fourth-order valence-electron chi connectivity index (χ4n) is 2.68. The second-order valence-corrected chi connectivity index (χ2v) is 7.03. The molecule has 3 rings (SSSR count). The quantitative estimate of drug-likeness (QED) is 0.735. The van der Waals surface area contributed by atoms with Gasteiger partial charge in [-0.3, -0.25) is 4.79 Å². The summed E-state index contributed by atoms with van der Waals surface area (Å²) >= 11 is 1.44. The Bertz CT molecular complexity index is 838. The minimum atomic E-state index is -0.0577. The smallest absolute Gasteiger partial charge is 0.263 e. The summed E-state index contributed by atoms with van der Waals surface area (Å²) in [4.78, 5) is 17.4. The first-order valence-electron chi connectivity index (χ1n) is 7.95. The number of carbonyl (C=O) groups is 1. The van der Waals surface area contributed by atoms with E-state index in [0.29, 0.717) is 4.88 Å². The van der Waals surface area contributed by atoms with Crippen molar-refractivity contribution >= 4 is 17.2 Å². The summed E-state index contributed by atoms with van der Waals surface area (Å²) in [6.07, 6.45) is 0. The van der Waals surface area contributed by atoms with Crippen molar-refractivity contribution < 1.29 is 4.79 Å². The third-order valence-corrected chi connectivity index (χ3v) is 5.05. The number of thiazole rings is 1. The molecule has 0 aliphatic carbocycles. The lowest BCUT2D eigenvalue weighted by atomic mass is 10.0. The number of hydrogen-bond acceptors (Lipinski definition) is 3. The van der Waals surface area contributed by atoms with E-state index in [2.05, 4.69) is 46.7 Å². The molecular weight excluding hydrogens is 316 g/mol. The van der Waals surface area contributed by atoms with E-state index < -0.39 is 0 Å². The van der Waals surface area contributed by atoms with Gasteiger partial charge < -0.3 is 5.32 Å². The van der Waals surface area contributed by atoms with Crippen molar-refractivity contribution in [2.45, 2.75) is 26.8 Å². The second kappa shape index (κ2) is 6.97. The van der Waals surface area contributed by atoms with Crippen molar-refractivity contribution in [1.29, 1.82) is 0 Å². The van der Waals surface area contributed by atoms with E-state index in [1.54, 1.807) is 0 Å². The molecule has 1 unspecified atom stereocenters. The van der Waals surface area contributed by atoms with Crippen molar-refractivity contribution in [1.82, 2.24) is 10.3 Å². The van der Waals surface area contributed by atoms with Gasteiger partial charge in [-0.25, -0.2) is 4.98 Å². The molecule has 3 aromatic rings. The molecule has 1 amide bonds. The molecule has 1 N–H and O–H groups in total. The molecule has 0 radical (unpaired) electrons. The van der Waals surface area contributed by atoms with Crippen LogP contribution in [0.5, 0.6) is 0 Å². The molecule has 1 atom stereocenters. The fourth-order valence-corrected chi connectivity index (χ4v) is 3.51. The van der Waals surface area contributed by atoms with E-state index >= 15 is 0 Å². The van der Waals surface area contributed by atoms with Gasteiger partial charge >= 0.3 is 0 Å². The summed E-state index contributed by atoms with van der Waals surface area (Å²) in [5, 5.41) is 3.97. The first-order chi connectivity index (χ1) is 11.5. The van der Waals surface area contributed by atoms with Crippen LogP contribution in [-0.4, -0.2) is 10.9 Å². The van der Waals surface area contributed by atoms with Gasteiger partial charge in [0.15, 0.2) is 0 Å². The summed E-state index contributed by atoms with van der Waals surface area (Å²) in [6.45, 7) is 5.79. The van der Waals surface area contributed by atoms with Gasteiger partial charge in [0.1, 0.15) is 4.88 Å². The lowest BCUT2D eigenvalue weighted by molar-refractivity contribution is 0.0943. The van der Waals surface area contributed by atoms with Gasteiger partial charge in [-0.1, -0.05) is 54.6 Å². The molecular formula is C20H20N2OS. The summed E-state index contributed by atoms with van der Waals surface area (Å²) in [6, 6.07) is 18.5. The van der Waals surface area contributed by atoms with Crippen molar-refractivity contribution in [2.24, 2.45) is 0 Å². The zero-order chi connectivity index (χ0) is 17.1. The molecule has 0 fully saturated rings. The highest BCUT2D eigenvalue weighted by atomic mass is 32.1. The van der Waals surface area contributed by atoms with Gasteiger partial charge in [0.05, 0.1) is 16.7 Å². The fraction of sp³-hybridized carbons (Fsp3) is 0.200. The minimum absolute atomic E-state index is 0.0517. The zero-order valence-corrected chi connectivity index (χ0v) is 14.9. The van der Waals surface area contributed by atoms with Crippen LogP contribution in [0.1, 0.15) is 38.9 Å². The summed E-state index contributed by atoms with van der Waals surface area (Å²) in [7, 11) is 0. The lowest BCUT2D eigenvalue weighted by Gasteiger charge is -2.14. The van der Waals surface area contributed by atoms with Gasteiger partial charge in [-0.15, -0.1) is 11.3 Å². The van der Waals surface area contributed by atoms with Crippen LogP contribution in [0.3, 0.4) is 0 Å². The molecule has 122 valence electrons. The third kappa shape index (κ3) is 3.54. The molecule has 0 spiro atoms. The predicted molar refractivity (Wildman–Crippen MR) is 99.3 cm³/mol. The van der Waals surface area contributed by atoms with Crippen LogP contribution in [0.15, 0.2) is 54.6 Å². The number of nitrogens with zero attached hydrogens (tertiary/aromatic N) is 1. The van der Waals surface area contributed by atoms with Crippen LogP contribution < -0.4 is 5.32 Å². The van der Waals surface area contributed by atoms with E-state index in [4.69, 9.17) is 0 Å². The molecule has 1 heterocycles. The SMILES string of the molecule is Cc1nc(C)c(C(=O)NC(C)c2ccc(-c3ccccc3)cc2)s1. The minimum Gasteiger partial charge on any atom is -0.345 e. The maximum absolute atomic E-state index is 12.4. The first-order valence-corrected chi connectivity index (χ1v) is 8.76. The number of aryl methyl sites for hydroxylation is 2. The van der Waals surface area contributed by atoms with Gasteiger partial charge in [0.2, 0.25) is 0 Å². The van der Waals surface area contributed by atoms with E-state index in [-0.39, 0.29) is 11.9 Å². The van der Waals surface area contributed by atoms with Crippen molar-refractivity contribution in [2.75, 3.05) is 0 Å². The Hall–Kier alpha value is -2.46. The number of amides is 1. The molecule has 3 nitrogen and oxygen atoms in total. The molecule has 4 heteroatoms. The lowest BCUT2D eigenvalue weighted by Crippen LogP contribution is -2.26. The normalized spacial score (nSPS) is 12.0. The van der Waals surface area contributed by atoms with Gasteiger partial charge in [-0.2, -0.15) is 0 Å². The van der Waals surface area contributed by atoms with Crippen molar-refractivity contribution in [3.8, 4) is 11.1 Å². The van der Waals surface area contributed by atoms with Crippen LogP contribution in [0.25, 0.3) is 11.1 Å². The molecule has 0 bridgehead atoms. The summed E-state index contributed by atoms with van der Waals surface area (Å²) < 4.78 is 0. The molecule has 1 aromatic heterocycles. The summed E-state index contributed by atoms with van der Waals surface area (Å²) in [5.74, 6) is -0.0577. The van der Waals surface area contributed by atoms with Crippen molar-refractivity contribution in [3.63, 3.8) is 0 Å². The van der Waals surface area contributed by atoms with Crippen LogP contribution in [0.2, 0.25) is 0 Å². The average Bonchev–Trinajstić information content (AvgIpc) is 2.94. The van der Waals surface area contributed by atoms with E-state index in [1.165, 1.54) is 22.5 Å². The number of carbonyl (C=O) groups excluding carboxylic acids is 1. The van der Waals surface area contributed by atoms with E-state index in [0.717, 1.165) is 16.3 Å². The van der Waals surface area contributed by atoms with Crippen LogP contribution in [0, 0.1) is 13.8 Å². The number of hydrogen-bond donors (Lipinski definition) is 1. The van der Waals surface area contributed by atoms with E-state index in [1.807, 2.05) is 39.0 Å². The van der Waals surface area contributed by atoms with Gasteiger partial charge in [-0.05, 0) is 37.5 Å². The standard InChI is InChI=1S/C20H20N2OS/c1-13(22-20(23)19-14(2)21-15(3)24-19)16-9-11-18(12-10-16)17-7-5-4-6-8-17/h4-13H,1-3H3,(H,22,23). The Balaban J connectivity index is 1.72. The molecule has 0 aliphatic heterocycles. The Morgan fingerprint density at radius 3 is 2.21 bits per heavy atom. The number of benzene rings is 2. The monoisotopic (exact) mass is 336 g/mol. The number of rotatable bonds is 4. The van der Waals surface area contributed by atoms with E-state index in [9.17, 15) is 4.79 Å². The highest BCUT2D eigenvalue weighted by molar-refractivity contribution is 7.13. The zero-order valence-electron chi connectivity index (χ0n) is 14.0. The third-order valence-electron chi connectivity index (χ3n) is 3.98. The number of nitrogens with one attached hydrogen (secondary N) is 1. The Labute approximate surface area is 146 Å². The molecule has 0 saturated heterocycles. The molecule has 0 saturated carbocycles. The van der Waals surface area contributed by atoms with Crippen LogP contribution in [0.4, 0.5) is 0 Å².